The van der Waals surface area contributed by atoms with Crippen LogP contribution < -0.4 is 0 Å². The van der Waals surface area contributed by atoms with Gasteiger partial charge in [-0.3, -0.25) is 0 Å². The topological polar surface area (TPSA) is 69.9 Å². The van der Waals surface area contributed by atoms with Gasteiger partial charge in [0.2, 0.25) is 0 Å². The summed E-state index contributed by atoms with van der Waals surface area (Å²) in [6.07, 6.45) is 7.42. The van der Waals surface area contributed by atoms with Crippen molar-refractivity contribution >= 4 is 0 Å². The maximum absolute atomic E-state index is 11.1. The molecule has 0 bridgehead atoms. The zero-order valence-electron chi connectivity index (χ0n) is 21.2. The first-order chi connectivity index (χ1) is 15.0. The molecule has 3 fully saturated rings. The van der Waals surface area contributed by atoms with Crippen molar-refractivity contribution in [2.24, 2.45) is 34.0 Å². The molecule has 4 heteroatoms. The standard InChI is InChI=1S/C28H46O4/c1-7-21(29)24-23(31)17(3)28(32-24)15-14-26(5)20-9-8-18-16(2)22(30)11-12-25(18,4)19(20)10-13-27(26,28)6/h16-18,21-24,29-31H,7-15H2,1-6H3/t16-,17-,18+,21+,22+,23-,24-,25+,26+,27+,28+/m1/s1. The van der Waals surface area contributed by atoms with E-state index in [4.69, 9.17) is 4.74 Å². The third-order valence-electron chi connectivity index (χ3n) is 12.2. The normalized spacial score (nSPS) is 56.2. The SMILES string of the molecule is CC[C@H](O)[C@H]1O[C@@]2(CC[C@@]3(C)C4=C(CC[C@@]32C)[C@@]2(C)CC[C@H](O)[C@H](C)[C@@H]2CC4)[C@H](C)[C@H]1O. The van der Waals surface area contributed by atoms with Crippen LogP contribution >= 0.6 is 0 Å². The van der Waals surface area contributed by atoms with Gasteiger partial charge < -0.3 is 20.1 Å². The molecule has 0 aromatic rings. The number of fused-ring (bicyclic) bond motifs is 5. The lowest BCUT2D eigenvalue weighted by molar-refractivity contribution is -0.169. The highest BCUT2D eigenvalue weighted by Crippen LogP contribution is 2.74. The molecule has 0 aromatic heterocycles. The first-order valence-electron chi connectivity index (χ1n) is 13.4. The van der Waals surface area contributed by atoms with Gasteiger partial charge in [0, 0.05) is 11.3 Å². The number of rotatable bonds is 2. The average molecular weight is 447 g/mol. The van der Waals surface area contributed by atoms with Gasteiger partial charge in [-0.2, -0.15) is 0 Å². The van der Waals surface area contributed by atoms with Crippen molar-refractivity contribution in [3.05, 3.63) is 11.1 Å². The fourth-order valence-corrected chi connectivity index (χ4v) is 9.78. The molecule has 11 atom stereocenters. The molecule has 5 aliphatic rings. The van der Waals surface area contributed by atoms with Crippen molar-refractivity contribution in [2.45, 2.75) is 129 Å². The summed E-state index contributed by atoms with van der Waals surface area (Å²) in [6.45, 7) is 13.8. The van der Waals surface area contributed by atoms with Crippen LogP contribution in [0, 0.1) is 34.0 Å². The Morgan fingerprint density at radius 1 is 0.969 bits per heavy atom. The quantitative estimate of drug-likeness (QED) is 0.522. The summed E-state index contributed by atoms with van der Waals surface area (Å²) in [7, 11) is 0. The Kier molecular flexibility index (Phi) is 5.31. The number of aliphatic hydroxyl groups excluding tert-OH is 3. The summed E-state index contributed by atoms with van der Waals surface area (Å²) in [5.41, 5.74) is 3.29. The van der Waals surface area contributed by atoms with E-state index < -0.39 is 18.3 Å². The Morgan fingerprint density at radius 3 is 2.38 bits per heavy atom. The molecule has 2 saturated carbocycles. The predicted molar refractivity (Wildman–Crippen MR) is 126 cm³/mol. The number of ether oxygens (including phenoxy) is 1. The smallest absolute Gasteiger partial charge is 0.110 e. The molecule has 0 amide bonds. The maximum atomic E-state index is 11.1. The van der Waals surface area contributed by atoms with E-state index in [-0.39, 0.29) is 33.9 Å². The molecular weight excluding hydrogens is 400 g/mol. The van der Waals surface area contributed by atoms with Gasteiger partial charge in [-0.15, -0.1) is 0 Å². The first-order valence-corrected chi connectivity index (χ1v) is 13.4. The molecule has 1 heterocycles. The molecule has 0 radical (unpaired) electrons. The van der Waals surface area contributed by atoms with Crippen LogP contribution in [0.3, 0.4) is 0 Å². The lowest BCUT2D eigenvalue weighted by atomic mass is 9.45. The van der Waals surface area contributed by atoms with Gasteiger partial charge >= 0.3 is 0 Å². The van der Waals surface area contributed by atoms with Crippen molar-refractivity contribution in [1.29, 1.82) is 0 Å². The Morgan fingerprint density at radius 2 is 1.69 bits per heavy atom. The van der Waals surface area contributed by atoms with E-state index in [1.54, 1.807) is 11.1 Å². The van der Waals surface area contributed by atoms with Gasteiger partial charge in [0.1, 0.15) is 6.10 Å². The summed E-state index contributed by atoms with van der Waals surface area (Å²) in [5, 5.41) is 32.3. The van der Waals surface area contributed by atoms with Gasteiger partial charge in [0.05, 0.1) is 23.9 Å². The van der Waals surface area contributed by atoms with E-state index in [2.05, 4.69) is 34.6 Å². The van der Waals surface area contributed by atoms with E-state index in [1.807, 2.05) is 6.92 Å². The Balaban J connectivity index is 1.56. The molecule has 5 rings (SSSR count). The van der Waals surface area contributed by atoms with Crippen LogP contribution in [0.2, 0.25) is 0 Å². The molecule has 1 saturated heterocycles. The zero-order chi connectivity index (χ0) is 23.3. The van der Waals surface area contributed by atoms with Crippen molar-refractivity contribution in [1.82, 2.24) is 0 Å². The van der Waals surface area contributed by atoms with E-state index in [0.717, 1.165) is 44.9 Å². The zero-order valence-corrected chi connectivity index (χ0v) is 21.2. The number of hydrogen-bond acceptors (Lipinski definition) is 4. The van der Waals surface area contributed by atoms with Crippen LogP contribution in [-0.4, -0.2) is 45.3 Å². The highest BCUT2D eigenvalue weighted by Gasteiger charge is 2.73. The minimum absolute atomic E-state index is 0.0273. The summed E-state index contributed by atoms with van der Waals surface area (Å²) < 4.78 is 6.81. The van der Waals surface area contributed by atoms with Gasteiger partial charge in [-0.1, -0.05) is 52.7 Å². The number of aliphatic hydroxyl groups is 3. The van der Waals surface area contributed by atoms with Crippen LogP contribution in [0.4, 0.5) is 0 Å². The second kappa shape index (κ2) is 7.29. The second-order valence-corrected chi connectivity index (χ2v) is 12.9. The van der Waals surface area contributed by atoms with Gasteiger partial charge in [-0.25, -0.2) is 0 Å². The molecule has 3 N–H and O–H groups in total. The summed E-state index contributed by atoms with van der Waals surface area (Å²) in [4.78, 5) is 0. The molecule has 1 aliphatic heterocycles. The maximum Gasteiger partial charge on any atom is 0.110 e. The lowest BCUT2D eigenvalue weighted by Crippen LogP contribution is -2.57. The number of allylic oxidation sites excluding steroid dienone is 2. The van der Waals surface area contributed by atoms with Crippen LogP contribution in [-0.2, 0) is 4.74 Å². The highest BCUT2D eigenvalue weighted by molar-refractivity contribution is 5.40. The molecule has 0 unspecified atom stereocenters. The van der Waals surface area contributed by atoms with Gasteiger partial charge in [0.15, 0.2) is 0 Å². The van der Waals surface area contributed by atoms with Crippen LogP contribution in [0.5, 0.6) is 0 Å². The van der Waals surface area contributed by atoms with Gasteiger partial charge in [0.25, 0.3) is 0 Å². The van der Waals surface area contributed by atoms with Crippen LogP contribution in [0.25, 0.3) is 0 Å². The summed E-state index contributed by atoms with van der Waals surface area (Å²) >= 11 is 0. The molecule has 182 valence electrons. The number of hydrogen-bond donors (Lipinski definition) is 3. The molecule has 4 nitrogen and oxygen atoms in total. The Bertz CT molecular complexity index is 807. The predicted octanol–water partition coefficient (Wildman–Crippen LogP) is 5.00. The van der Waals surface area contributed by atoms with E-state index >= 15 is 0 Å². The van der Waals surface area contributed by atoms with E-state index in [1.165, 1.54) is 6.42 Å². The van der Waals surface area contributed by atoms with E-state index in [9.17, 15) is 15.3 Å². The fraction of sp³-hybridized carbons (Fsp3) is 0.929. The molecular formula is C28H46O4. The van der Waals surface area contributed by atoms with Gasteiger partial charge in [-0.05, 0) is 80.5 Å². The third-order valence-corrected chi connectivity index (χ3v) is 12.2. The summed E-state index contributed by atoms with van der Waals surface area (Å²) in [6, 6.07) is 0. The molecule has 32 heavy (non-hydrogen) atoms. The molecule has 4 aliphatic carbocycles. The largest absolute Gasteiger partial charge is 0.393 e. The first kappa shape index (κ1) is 23.3. The molecule has 0 aromatic carbocycles. The third kappa shape index (κ3) is 2.59. The monoisotopic (exact) mass is 446 g/mol. The minimum atomic E-state index is -0.606. The minimum Gasteiger partial charge on any atom is -0.393 e. The summed E-state index contributed by atoms with van der Waals surface area (Å²) in [5.74, 6) is 0.990. The average Bonchev–Trinajstić information content (AvgIpc) is 3.17. The molecule has 1 spiro atoms. The lowest BCUT2D eigenvalue weighted by Gasteiger charge is -2.61. The van der Waals surface area contributed by atoms with Crippen molar-refractivity contribution in [3.8, 4) is 0 Å². The van der Waals surface area contributed by atoms with Crippen molar-refractivity contribution < 1.29 is 20.1 Å². The fourth-order valence-electron chi connectivity index (χ4n) is 9.78. The van der Waals surface area contributed by atoms with Crippen LogP contribution in [0.1, 0.15) is 99.3 Å². The van der Waals surface area contributed by atoms with Crippen LogP contribution in [0.15, 0.2) is 11.1 Å². The second-order valence-electron chi connectivity index (χ2n) is 12.9. The van der Waals surface area contributed by atoms with Crippen molar-refractivity contribution in [2.75, 3.05) is 0 Å². The Labute approximate surface area is 194 Å². The Hall–Kier alpha value is -0.420. The van der Waals surface area contributed by atoms with Crippen molar-refractivity contribution in [3.63, 3.8) is 0 Å². The van der Waals surface area contributed by atoms with E-state index in [0.29, 0.717) is 18.3 Å². The highest BCUT2D eigenvalue weighted by atomic mass is 16.5.